The van der Waals surface area contributed by atoms with Crippen LogP contribution in [0.3, 0.4) is 0 Å². The highest BCUT2D eigenvalue weighted by molar-refractivity contribution is 7.11. The van der Waals surface area contributed by atoms with Crippen LogP contribution in [-0.4, -0.2) is 38.4 Å². The van der Waals surface area contributed by atoms with Gasteiger partial charge in [-0.15, -0.1) is 11.3 Å². The van der Waals surface area contributed by atoms with Gasteiger partial charge in [0.2, 0.25) is 0 Å². The summed E-state index contributed by atoms with van der Waals surface area (Å²) in [6, 6.07) is 0. The molecule has 1 atom stereocenters. The minimum Gasteiger partial charge on any atom is -0.340 e. The molecule has 0 radical (unpaired) electrons. The number of hydrogen-bond donors (Lipinski definition) is 0. The summed E-state index contributed by atoms with van der Waals surface area (Å²) in [7, 11) is 1.89. The monoisotopic (exact) mass is 330 g/mol. The molecule has 0 N–H and O–H groups in total. The molecule has 3 heterocycles. The van der Waals surface area contributed by atoms with Gasteiger partial charge in [0.05, 0.1) is 17.0 Å². The lowest BCUT2D eigenvalue weighted by Gasteiger charge is -2.31. The highest BCUT2D eigenvalue weighted by atomic mass is 32.1. The Morgan fingerprint density at radius 3 is 2.96 bits per heavy atom. The molecule has 6 heteroatoms. The largest absolute Gasteiger partial charge is 0.340 e. The lowest BCUT2D eigenvalue weighted by molar-refractivity contribution is 0.0701. The van der Waals surface area contributed by atoms with Crippen molar-refractivity contribution in [1.82, 2.24) is 19.4 Å². The van der Waals surface area contributed by atoms with Crippen LogP contribution in [0.25, 0.3) is 0 Å². The third-order valence-corrected chi connectivity index (χ3v) is 6.16. The summed E-state index contributed by atoms with van der Waals surface area (Å²) in [5.74, 6) is 0.448. The minimum absolute atomic E-state index is 0.0524. The smallest absolute Gasteiger partial charge is 0.274 e. The van der Waals surface area contributed by atoms with Crippen molar-refractivity contribution in [2.45, 2.75) is 44.4 Å². The van der Waals surface area contributed by atoms with E-state index in [1.54, 1.807) is 12.5 Å². The lowest BCUT2D eigenvalue weighted by Crippen LogP contribution is -2.39. The van der Waals surface area contributed by atoms with Crippen molar-refractivity contribution in [2.75, 3.05) is 13.1 Å². The van der Waals surface area contributed by atoms with Gasteiger partial charge in [0.15, 0.2) is 0 Å². The van der Waals surface area contributed by atoms with E-state index in [0.717, 1.165) is 32.4 Å². The number of likely N-dealkylation sites (tertiary alicyclic amines) is 1. The molecule has 2 aromatic rings. The van der Waals surface area contributed by atoms with Gasteiger partial charge in [0.1, 0.15) is 5.69 Å². The predicted octanol–water partition coefficient (Wildman–Crippen LogP) is 2.78. The van der Waals surface area contributed by atoms with E-state index >= 15 is 0 Å². The number of carbonyl (C=O) groups is 1. The van der Waals surface area contributed by atoms with E-state index in [-0.39, 0.29) is 5.91 Å². The zero-order valence-electron chi connectivity index (χ0n) is 13.5. The summed E-state index contributed by atoms with van der Waals surface area (Å²) in [5.41, 5.74) is 1.87. The summed E-state index contributed by atoms with van der Waals surface area (Å²) < 4.78 is 1.82. The normalized spacial score (nSPS) is 21.3. The van der Waals surface area contributed by atoms with Gasteiger partial charge in [-0.25, -0.2) is 9.97 Å². The van der Waals surface area contributed by atoms with Gasteiger partial charge in [-0.1, -0.05) is 0 Å². The number of carbonyl (C=O) groups excluding carboxylic acids is 1. The van der Waals surface area contributed by atoms with E-state index < -0.39 is 0 Å². The fourth-order valence-corrected chi connectivity index (χ4v) is 4.87. The molecule has 1 aliphatic heterocycles. The van der Waals surface area contributed by atoms with Crippen LogP contribution in [-0.2, 0) is 19.9 Å². The Balaban J connectivity index is 1.50. The molecule has 1 fully saturated rings. The van der Waals surface area contributed by atoms with Crippen LogP contribution in [0.4, 0.5) is 0 Å². The van der Waals surface area contributed by atoms with Crippen molar-refractivity contribution < 1.29 is 4.79 Å². The second-order valence-electron chi connectivity index (χ2n) is 6.64. The maximum Gasteiger partial charge on any atom is 0.274 e. The highest BCUT2D eigenvalue weighted by Gasteiger charge is 2.29. The number of rotatable bonds is 2. The zero-order valence-corrected chi connectivity index (χ0v) is 14.3. The van der Waals surface area contributed by atoms with E-state index in [2.05, 4.69) is 4.98 Å². The summed E-state index contributed by atoms with van der Waals surface area (Å²) in [6.07, 6.45) is 10.6. The first kappa shape index (κ1) is 14.9. The first-order valence-electron chi connectivity index (χ1n) is 8.46. The molecular formula is C17H22N4OS. The van der Waals surface area contributed by atoms with Crippen molar-refractivity contribution in [1.29, 1.82) is 0 Å². The molecule has 5 nitrogen and oxygen atoms in total. The third-order valence-electron chi connectivity index (χ3n) is 4.84. The Bertz CT molecular complexity index is 697. The summed E-state index contributed by atoms with van der Waals surface area (Å²) >= 11 is 1.89. The molecule has 2 aliphatic rings. The minimum atomic E-state index is 0.0524. The van der Waals surface area contributed by atoms with E-state index in [1.807, 2.05) is 27.9 Å². The molecule has 0 aromatic carbocycles. The topological polar surface area (TPSA) is 51.0 Å². The molecule has 122 valence electrons. The number of imidazole rings is 1. The standard InChI is InChI=1S/C17H22N4OS/c1-20-10-14(18-11-20)17(22)21-8-4-5-12(9-21)16-19-13-6-2-3-7-15(13)23-16/h10-12H,2-9H2,1H3/t12-/m1/s1. The molecule has 4 rings (SSSR count). The zero-order chi connectivity index (χ0) is 15.8. The molecule has 1 saturated heterocycles. The van der Waals surface area contributed by atoms with Crippen molar-refractivity contribution >= 4 is 17.2 Å². The van der Waals surface area contributed by atoms with Crippen molar-refractivity contribution in [3.8, 4) is 0 Å². The van der Waals surface area contributed by atoms with Crippen LogP contribution < -0.4 is 0 Å². The summed E-state index contributed by atoms with van der Waals surface area (Å²) in [6.45, 7) is 1.61. The Kier molecular flexibility index (Phi) is 3.93. The van der Waals surface area contributed by atoms with Gasteiger partial charge >= 0.3 is 0 Å². The second-order valence-corrected chi connectivity index (χ2v) is 7.76. The van der Waals surface area contributed by atoms with Crippen molar-refractivity contribution in [2.24, 2.45) is 7.05 Å². The lowest BCUT2D eigenvalue weighted by atomic mass is 9.98. The van der Waals surface area contributed by atoms with Crippen LogP contribution in [0.5, 0.6) is 0 Å². The number of piperidine rings is 1. The van der Waals surface area contributed by atoms with Gasteiger partial charge in [0.25, 0.3) is 5.91 Å². The molecule has 23 heavy (non-hydrogen) atoms. The number of nitrogens with zero attached hydrogens (tertiary/aromatic N) is 4. The maximum atomic E-state index is 12.6. The average molecular weight is 330 g/mol. The molecule has 1 aliphatic carbocycles. The molecule has 0 unspecified atom stereocenters. The fraction of sp³-hybridized carbons (Fsp3) is 0.588. The maximum absolute atomic E-state index is 12.6. The van der Waals surface area contributed by atoms with Gasteiger partial charge in [-0.2, -0.15) is 0 Å². The molecule has 0 spiro atoms. The quantitative estimate of drug-likeness (QED) is 0.851. The predicted molar refractivity (Wildman–Crippen MR) is 89.8 cm³/mol. The number of aromatic nitrogens is 3. The van der Waals surface area contributed by atoms with Gasteiger partial charge < -0.3 is 9.47 Å². The van der Waals surface area contributed by atoms with Crippen LogP contribution in [0.1, 0.15) is 57.7 Å². The van der Waals surface area contributed by atoms with Crippen molar-refractivity contribution in [3.05, 3.63) is 33.8 Å². The molecule has 0 bridgehead atoms. The first-order valence-corrected chi connectivity index (χ1v) is 9.28. The molecular weight excluding hydrogens is 308 g/mol. The first-order chi connectivity index (χ1) is 11.2. The summed E-state index contributed by atoms with van der Waals surface area (Å²) in [5, 5.41) is 1.25. The Hall–Kier alpha value is -1.69. The highest BCUT2D eigenvalue weighted by Crippen LogP contribution is 2.34. The second kappa shape index (κ2) is 6.07. The van der Waals surface area contributed by atoms with E-state index in [9.17, 15) is 4.79 Å². The Morgan fingerprint density at radius 2 is 2.17 bits per heavy atom. The average Bonchev–Trinajstić information content (AvgIpc) is 3.20. The Labute approximate surface area is 140 Å². The summed E-state index contributed by atoms with van der Waals surface area (Å²) in [4.78, 5) is 25.2. The number of aryl methyl sites for hydroxylation is 3. The van der Waals surface area contributed by atoms with E-state index in [0.29, 0.717) is 11.6 Å². The molecule has 0 saturated carbocycles. The van der Waals surface area contributed by atoms with E-state index in [1.165, 1.54) is 34.8 Å². The number of hydrogen-bond acceptors (Lipinski definition) is 4. The van der Waals surface area contributed by atoms with Crippen LogP contribution in [0.2, 0.25) is 0 Å². The Morgan fingerprint density at radius 1 is 1.30 bits per heavy atom. The van der Waals surface area contributed by atoms with Gasteiger partial charge in [0, 0.05) is 37.1 Å². The number of amides is 1. The van der Waals surface area contributed by atoms with Gasteiger partial charge in [-0.05, 0) is 38.5 Å². The van der Waals surface area contributed by atoms with Crippen LogP contribution in [0, 0.1) is 0 Å². The number of thiazole rings is 1. The molecule has 2 aromatic heterocycles. The van der Waals surface area contributed by atoms with Crippen LogP contribution in [0.15, 0.2) is 12.5 Å². The molecule has 1 amide bonds. The van der Waals surface area contributed by atoms with Crippen molar-refractivity contribution in [3.63, 3.8) is 0 Å². The third kappa shape index (κ3) is 2.92. The SMILES string of the molecule is Cn1cnc(C(=O)N2CCC[C@@H](c3nc4c(s3)CCCC4)C2)c1. The van der Waals surface area contributed by atoms with E-state index in [4.69, 9.17) is 4.98 Å². The number of fused-ring (bicyclic) bond motifs is 1. The van der Waals surface area contributed by atoms with Gasteiger partial charge in [-0.3, -0.25) is 4.79 Å². The fourth-order valence-electron chi connectivity index (χ4n) is 3.60. The van der Waals surface area contributed by atoms with Crippen LogP contribution >= 0.6 is 11.3 Å².